The lowest BCUT2D eigenvalue weighted by molar-refractivity contribution is -0.142. The molecular weight excluding hydrogens is 627 g/mol. The Kier molecular flexibility index (Phi) is 9.77. The molecule has 1 amide bonds. The Morgan fingerprint density at radius 1 is 0.938 bits per heavy atom. The highest BCUT2D eigenvalue weighted by Crippen LogP contribution is 2.44. The summed E-state index contributed by atoms with van der Waals surface area (Å²) in [6, 6.07) is 15.2. The van der Waals surface area contributed by atoms with E-state index in [1.54, 1.807) is 20.4 Å². The van der Waals surface area contributed by atoms with Crippen molar-refractivity contribution < 1.29 is 37.3 Å². The summed E-state index contributed by atoms with van der Waals surface area (Å²) in [5.41, 5.74) is 1.40. The number of aliphatic carboxylic acids is 1. The number of halogens is 3. The van der Waals surface area contributed by atoms with Gasteiger partial charge < -0.3 is 29.3 Å². The van der Waals surface area contributed by atoms with Gasteiger partial charge in [-0.1, -0.05) is 18.2 Å². The highest BCUT2D eigenvalue weighted by Gasteiger charge is 2.45. The molecule has 48 heavy (non-hydrogen) atoms. The van der Waals surface area contributed by atoms with Gasteiger partial charge in [-0.2, -0.15) is 18.3 Å². The first-order chi connectivity index (χ1) is 23.1. The molecule has 0 radical (unpaired) electrons. The van der Waals surface area contributed by atoms with Gasteiger partial charge in [-0.05, 0) is 60.4 Å². The molecule has 13 heteroatoms. The number of hydrogen-bond donors (Lipinski definition) is 1. The molecule has 1 N–H and O–H groups in total. The number of alkyl halides is 3. The summed E-state index contributed by atoms with van der Waals surface area (Å²) in [6.07, 6.45) is -2.24. The molecule has 3 saturated heterocycles. The van der Waals surface area contributed by atoms with Crippen LogP contribution in [0, 0.1) is 17.8 Å². The highest BCUT2D eigenvalue weighted by atomic mass is 19.4. The van der Waals surface area contributed by atoms with Crippen molar-refractivity contribution in [3.63, 3.8) is 0 Å². The van der Waals surface area contributed by atoms with Gasteiger partial charge in [-0.15, -0.1) is 5.10 Å². The van der Waals surface area contributed by atoms with Crippen molar-refractivity contribution >= 4 is 23.4 Å². The van der Waals surface area contributed by atoms with Crippen LogP contribution in [0.2, 0.25) is 0 Å². The number of aromatic nitrogens is 2. The number of amides is 1. The topological polar surface area (TPSA) is 108 Å². The number of rotatable bonds is 9. The lowest BCUT2D eigenvalue weighted by Crippen LogP contribution is -2.38. The number of anilines is 2. The number of piperidine rings is 1. The molecule has 6 rings (SSSR count). The van der Waals surface area contributed by atoms with E-state index in [1.807, 2.05) is 46.2 Å². The number of benzene rings is 2. The van der Waals surface area contributed by atoms with Gasteiger partial charge in [-0.25, -0.2) is 0 Å². The summed E-state index contributed by atoms with van der Waals surface area (Å²) in [5.74, 6) is -1.00. The number of carboxylic acids is 1. The fraction of sp³-hybridized carbons (Fsp3) is 0.486. The normalized spacial score (nSPS) is 23.5. The zero-order valence-electron chi connectivity index (χ0n) is 27.0. The molecule has 3 aliphatic rings. The second-order valence-corrected chi connectivity index (χ2v) is 12.9. The van der Waals surface area contributed by atoms with Crippen LogP contribution in [0.15, 0.2) is 60.8 Å². The lowest BCUT2D eigenvalue weighted by atomic mass is 9.86. The standard InChI is InChI=1S/C35H40F3N5O5/c1-47-21-24-17-43(19-29(24)27-10-7-25(35(36,37)38)16-31(27)41-14-11-23(12-15-41)34(45)46)33(44)30-20-42(32-4-3-13-39-40-32)18-28(30)22-5-8-26(48-2)9-6-22/h3-10,13,16,23-24,28-30H,11-12,14-15,17-21H2,1-2H3,(H,45,46)/t24-,28+,29+,30-/m1/s1. The monoisotopic (exact) mass is 667 g/mol. The van der Waals surface area contributed by atoms with Gasteiger partial charge in [0.25, 0.3) is 0 Å². The maximum absolute atomic E-state index is 14.5. The van der Waals surface area contributed by atoms with Crippen molar-refractivity contribution in [2.24, 2.45) is 17.8 Å². The van der Waals surface area contributed by atoms with Crippen LogP contribution in [0.4, 0.5) is 24.7 Å². The van der Waals surface area contributed by atoms with Crippen molar-refractivity contribution in [3.8, 4) is 5.75 Å². The summed E-state index contributed by atoms with van der Waals surface area (Å²) >= 11 is 0. The van der Waals surface area contributed by atoms with Crippen LogP contribution in [0.1, 0.15) is 41.4 Å². The quantitative estimate of drug-likeness (QED) is 0.341. The Labute approximate surface area is 277 Å². The minimum Gasteiger partial charge on any atom is -0.497 e. The molecule has 1 aromatic heterocycles. The summed E-state index contributed by atoms with van der Waals surface area (Å²) < 4.78 is 52.7. The van der Waals surface area contributed by atoms with E-state index in [0.717, 1.165) is 17.4 Å². The average molecular weight is 668 g/mol. The van der Waals surface area contributed by atoms with Crippen LogP contribution in [0.3, 0.4) is 0 Å². The molecule has 10 nitrogen and oxygen atoms in total. The van der Waals surface area contributed by atoms with Gasteiger partial charge in [0.15, 0.2) is 5.82 Å². The fourth-order valence-corrected chi connectivity index (χ4v) is 7.59. The molecule has 4 heterocycles. The molecule has 3 aromatic rings. The van der Waals surface area contributed by atoms with Crippen LogP contribution in [0.25, 0.3) is 0 Å². The molecular formula is C35H40F3N5O5. The Hall–Kier alpha value is -4.39. The van der Waals surface area contributed by atoms with Crippen molar-refractivity contribution in [2.75, 3.05) is 69.9 Å². The van der Waals surface area contributed by atoms with Crippen LogP contribution in [-0.2, 0) is 20.5 Å². The van der Waals surface area contributed by atoms with E-state index >= 15 is 0 Å². The van der Waals surface area contributed by atoms with Crippen molar-refractivity contribution in [1.82, 2.24) is 15.1 Å². The van der Waals surface area contributed by atoms with Crippen molar-refractivity contribution in [1.29, 1.82) is 0 Å². The summed E-state index contributed by atoms with van der Waals surface area (Å²) in [5, 5.41) is 17.8. The molecule has 2 aromatic carbocycles. The molecule has 0 spiro atoms. The predicted molar refractivity (Wildman–Crippen MR) is 172 cm³/mol. The molecule has 3 fully saturated rings. The van der Waals surface area contributed by atoms with Crippen LogP contribution < -0.4 is 14.5 Å². The second kappa shape index (κ2) is 14.0. The summed E-state index contributed by atoms with van der Waals surface area (Å²) in [4.78, 5) is 31.9. The molecule has 0 bridgehead atoms. The minimum atomic E-state index is -4.54. The minimum absolute atomic E-state index is 0.0263. The Morgan fingerprint density at radius 3 is 2.31 bits per heavy atom. The third-order valence-corrected chi connectivity index (χ3v) is 10.1. The molecule has 3 aliphatic heterocycles. The van der Waals surface area contributed by atoms with Gasteiger partial charge in [-0.3, -0.25) is 9.59 Å². The van der Waals surface area contributed by atoms with E-state index in [9.17, 15) is 27.9 Å². The number of methoxy groups -OCH3 is 2. The largest absolute Gasteiger partial charge is 0.497 e. The number of hydrogen-bond acceptors (Lipinski definition) is 8. The maximum Gasteiger partial charge on any atom is 0.416 e. The number of ether oxygens (including phenoxy) is 2. The van der Waals surface area contributed by atoms with Crippen LogP contribution >= 0.6 is 0 Å². The summed E-state index contributed by atoms with van der Waals surface area (Å²) in [6.45, 7) is 2.72. The molecule has 0 saturated carbocycles. The van der Waals surface area contributed by atoms with Crippen LogP contribution in [-0.4, -0.2) is 92.2 Å². The first-order valence-corrected chi connectivity index (χ1v) is 16.2. The first-order valence-electron chi connectivity index (χ1n) is 16.2. The average Bonchev–Trinajstić information content (AvgIpc) is 3.73. The molecule has 4 atom stereocenters. The number of carbonyl (C=O) groups excluding carboxylic acids is 1. The van der Waals surface area contributed by atoms with Gasteiger partial charge >= 0.3 is 12.1 Å². The number of likely N-dealkylation sites (tertiary alicyclic amines) is 1. The van der Waals surface area contributed by atoms with E-state index in [1.165, 1.54) is 12.1 Å². The highest BCUT2D eigenvalue weighted by molar-refractivity contribution is 5.82. The SMILES string of the molecule is COC[C@H]1CN(C(=O)[C@@H]2CN(c3cccnn3)C[C@H]2c2ccc(OC)cc2)C[C@@H]1c1ccc(C(F)(F)F)cc1N1CCC(C(=O)O)CC1. The third kappa shape index (κ3) is 6.92. The lowest BCUT2D eigenvalue weighted by Gasteiger charge is -2.35. The van der Waals surface area contributed by atoms with Crippen LogP contribution in [0.5, 0.6) is 5.75 Å². The smallest absolute Gasteiger partial charge is 0.416 e. The molecule has 0 aliphatic carbocycles. The summed E-state index contributed by atoms with van der Waals surface area (Å²) in [7, 11) is 3.19. The number of carboxylic acid groups (broad SMARTS) is 1. The first kappa shape index (κ1) is 33.5. The van der Waals surface area contributed by atoms with E-state index in [4.69, 9.17) is 9.47 Å². The maximum atomic E-state index is 14.5. The Balaban J connectivity index is 1.30. The Bertz CT molecular complexity index is 1580. The van der Waals surface area contributed by atoms with Crippen molar-refractivity contribution in [3.05, 3.63) is 77.5 Å². The molecule has 256 valence electrons. The van der Waals surface area contributed by atoms with Gasteiger partial charge in [0, 0.05) is 76.0 Å². The van der Waals surface area contributed by atoms with Crippen molar-refractivity contribution in [2.45, 2.75) is 30.9 Å². The number of nitrogens with zero attached hydrogens (tertiary/aromatic N) is 5. The zero-order chi connectivity index (χ0) is 34.0. The van der Waals surface area contributed by atoms with Gasteiger partial charge in [0.1, 0.15) is 5.75 Å². The molecule has 0 unspecified atom stereocenters. The van der Waals surface area contributed by atoms with Gasteiger partial charge in [0.05, 0.1) is 31.1 Å². The third-order valence-electron chi connectivity index (χ3n) is 10.1. The van der Waals surface area contributed by atoms with E-state index < -0.39 is 29.5 Å². The Morgan fingerprint density at radius 2 is 1.69 bits per heavy atom. The zero-order valence-corrected chi connectivity index (χ0v) is 27.0. The second-order valence-electron chi connectivity index (χ2n) is 12.9. The number of carbonyl (C=O) groups is 2. The predicted octanol–water partition coefficient (Wildman–Crippen LogP) is 4.91. The van der Waals surface area contributed by atoms with E-state index in [0.29, 0.717) is 75.8 Å². The fourth-order valence-electron chi connectivity index (χ4n) is 7.59. The van der Waals surface area contributed by atoms with Gasteiger partial charge in [0.2, 0.25) is 5.91 Å². The van der Waals surface area contributed by atoms with E-state index in [-0.39, 0.29) is 23.7 Å². The van der Waals surface area contributed by atoms with E-state index in [2.05, 4.69) is 15.1 Å².